The molecule has 40 heavy (non-hydrogen) atoms. The number of thioether (sulfide) groups is 1. The third kappa shape index (κ3) is 6.59. The molecule has 0 saturated heterocycles. The van der Waals surface area contributed by atoms with Crippen molar-refractivity contribution in [1.29, 1.82) is 0 Å². The second-order valence-corrected chi connectivity index (χ2v) is 10.7. The van der Waals surface area contributed by atoms with Gasteiger partial charge in [-0.3, -0.25) is 4.79 Å². The van der Waals surface area contributed by atoms with Gasteiger partial charge in [-0.2, -0.15) is 0 Å². The van der Waals surface area contributed by atoms with Gasteiger partial charge in [0.2, 0.25) is 11.1 Å². The van der Waals surface area contributed by atoms with E-state index in [2.05, 4.69) is 20.5 Å². The molecule has 11 heteroatoms. The molecule has 202 valence electrons. The Labute approximate surface area is 244 Å². The Morgan fingerprint density at radius 2 is 1.52 bits per heavy atom. The summed E-state index contributed by atoms with van der Waals surface area (Å²) in [5, 5.41) is 15.2. The molecule has 1 N–H and O–H groups in total. The van der Waals surface area contributed by atoms with Gasteiger partial charge in [0.1, 0.15) is 22.9 Å². The first-order chi connectivity index (χ1) is 19.5. The molecule has 5 rings (SSSR count). The number of ether oxygens (including phenoxy) is 2. The molecule has 0 aliphatic rings. The molecule has 1 amide bonds. The summed E-state index contributed by atoms with van der Waals surface area (Å²) in [5.74, 6) is 1.82. The van der Waals surface area contributed by atoms with Crippen LogP contribution < -0.4 is 14.8 Å². The Hall–Kier alpha value is -3.99. The van der Waals surface area contributed by atoms with Gasteiger partial charge >= 0.3 is 0 Å². The first kappa shape index (κ1) is 27.6. The number of anilines is 1. The minimum Gasteiger partial charge on any atom is -0.497 e. The van der Waals surface area contributed by atoms with Gasteiger partial charge in [-0.15, -0.1) is 21.5 Å². The van der Waals surface area contributed by atoms with E-state index in [9.17, 15) is 4.79 Å². The maximum absolute atomic E-state index is 12.6. The molecule has 5 aromatic rings. The summed E-state index contributed by atoms with van der Waals surface area (Å²) in [6, 6.07) is 22.7. The molecule has 0 saturated carbocycles. The van der Waals surface area contributed by atoms with Crippen LogP contribution in [0.3, 0.4) is 0 Å². The van der Waals surface area contributed by atoms with Crippen molar-refractivity contribution in [3.8, 4) is 45.3 Å². The highest BCUT2D eigenvalue weighted by molar-refractivity contribution is 7.99. The number of nitrogens with zero attached hydrogens (tertiary/aromatic N) is 4. The average Bonchev–Trinajstić information content (AvgIpc) is 3.45. The zero-order valence-corrected chi connectivity index (χ0v) is 24.0. The van der Waals surface area contributed by atoms with Crippen LogP contribution in [0.5, 0.6) is 11.5 Å². The van der Waals surface area contributed by atoms with Gasteiger partial charge in [-0.05, 0) is 54.6 Å². The van der Waals surface area contributed by atoms with Gasteiger partial charge in [-0.25, -0.2) is 9.97 Å². The van der Waals surface area contributed by atoms with Crippen LogP contribution in [-0.4, -0.2) is 46.0 Å². The Kier molecular flexibility index (Phi) is 8.90. The van der Waals surface area contributed by atoms with Crippen LogP contribution in [0.25, 0.3) is 33.8 Å². The first-order valence-corrected chi connectivity index (χ1v) is 14.4. The molecule has 2 aromatic heterocycles. The summed E-state index contributed by atoms with van der Waals surface area (Å²) in [7, 11) is 3.25. The summed E-state index contributed by atoms with van der Waals surface area (Å²) in [6.45, 7) is 0. The summed E-state index contributed by atoms with van der Waals surface area (Å²) in [5.41, 5.74) is 4.62. The fourth-order valence-corrected chi connectivity index (χ4v) is 5.49. The van der Waals surface area contributed by atoms with Crippen LogP contribution in [0.1, 0.15) is 6.42 Å². The van der Waals surface area contributed by atoms with E-state index in [1.165, 1.54) is 23.1 Å². The van der Waals surface area contributed by atoms with Gasteiger partial charge in [0.25, 0.3) is 0 Å². The van der Waals surface area contributed by atoms with Crippen molar-refractivity contribution in [3.63, 3.8) is 0 Å². The Morgan fingerprint density at radius 1 is 0.875 bits per heavy atom. The zero-order valence-electron chi connectivity index (χ0n) is 21.6. The van der Waals surface area contributed by atoms with Crippen molar-refractivity contribution in [3.05, 3.63) is 83.2 Å². The number of benzene rings is 3. The number of hydrogen-bond donors (Lipinski definition) is 1. The minimum absolute atomic E-state index is 0.147. The molecule has 0 aliphatic heterocycles. The average molecular weight is 590 g/mol. The van der Waals surface area contributed by atoms with Crippen molar-refractivity contribution in [2.45, 2.75) is 11.6 Å². The van der Waals surface area contributed by atoms with Gasteiger partial charge in [0.15, 0.2) is 5.13 Å². The van der Waals surface area contributed by atoms with Crippen molar-refractivity contribution in [1.82, 2.24) is 20.2 Å². The second kappa shape index (κ2) is 12.9. The number of rotatable bonds is 10. The lowest BCUT2D eigenvalue weighted by Gasteiger charge is -2.10. The van der Waals surface area contributed by atoms with Crippen LogP contribution in [0, 0.1) is 0 Å². The van der Waals surface area contributed by atoms with Gasteiger partial charge < -0.3 is 14.8 Å². The smallest absolute Gasteiger partial charge is 0.226 e. The highest BCUT2D eigenvalue weighted by Gasteiger charge is 2.16. The fraction of sp³-hybridized carbons (Fsp3) is 0.138. The molecule has 0 atom stereocenters. The molecule has 0 spiro atoms. The van der Waals surface area contributed by atoms with Crippen molar-refractivity contribution in [2.75, 3.05) is 25.3 Å². The van der Waals surface area contributed by atoms with E-state index in [1.54, 1.807) is 14.2 Å². The molecular weight excluding hydrogens is 566 g/mol. The maximum atomic E-state index is 12.6. The van der Waals surface area contributed by atoms with E-state index in [0.717, 1.165) is 33.9 Å². The SMILES string of the molecule is COc1ccc(-c2nnc(SCCC(=O)Nc3nc(-c4ccccc4Cl)cs3)nc2-c2ccc(OC)cc2)cc1. The minimum atomic E-state index is -0.147. The van der Waals surface area contributed by atoms with Gasteiger partial charge in [0.05, 0.1) is 19.9 Å². The van der Waals surface area contributed by atoms with Crippen LogP contribution in [0.4, 0.5) is 5.13 Å². The monoisotopic (exact) mass is 589 g/mol. The van der Waals surface area contributed by atoms with E-state index in [0.29, 0.717) is 32.5 Å². The second-order valence-electron chi connectivity index (χ2n) is 8.41. The fourth-order valence-electron chi connectivity index (χ4n) is 3.81. The van der Waals surface area contributed by atoms with Crippen LogP contribution in [0.15, 0.2) is 83.3 Å². The predicted molar refractivity (Wildman–Crippen MR) is 160 cm³/mol. The van der Waals surface area contributed by atoms with Crippen molar-refractivity contribution < 1.29 is 14.3 Å². The Balaban J connectivity index is 1.27. The normalized spacial score (nSPS) is 10.8. The number of aromatic nitrogens is 4. The van der Waals surface area contributed by atoms with Crippen LogP contribution in [0.2, 0.25) is 5.02 Å². The zero-order chi connectivity index (χ0) is 27.9. The van der Waals surface area contributed by atoms with E-state index >= 15 is 0 Å². The van der Waals surface area contributed by atoms with Crippen LogP contribution in [-0.2, 0) is 4.79 Å². The van der Waals surface area contributed by atoms with E-state index in [4.69, 9.17) is 26.1 Å². The van der Waals surface area contributed by atoms with E-state index in [1.807, 2.05) is 78.2 Å². The molecule has 0 fully saturated rings. The van der Waals surface area contributed by atoms with Gasteiger partial charge in [-0.1, -0.05) is 41.6 Å². The molecule has 0 aliphatic carbocycles. The lowest BCUT2D eigenvalue weighted by atomic mass is 10.0. The van der Waals surface area contributed by atoms with Crippen molar-refractivity contribution in [2.24, 2.45) is 0 Å². The van der Waals surface area contributed by atoms with E-state index in [-0.39, 0.29) is 12.3 Å². The van der Waals surface area contributed by atoms with Crippen LogP contribution >= 0.6 is 34.7 Å². The third-order valence-electron chi connectivity index (χ3n) is 5.85. The first-order valence-electron chi connectivity index (χ1n) is 12.2. The summed E-state index contributed by atoms with van der Waals surface area (Å²) >= 11 is 8.99. The largest absolute Gasteiger partial charge is 0.497 e. The lowest BCUT2D eigenvalue weighted by Crippen LogP contribution is -2.12. The molecule has 2 heterocycles. The lowest BCUT2D eigenvalue weighted by molar-refractivity contribution is -0.115. The third-order valence-corrected chi connectivity index (χ3v) is 7.78. The number of hydrogen-bond acceptors (Lipinski definition) is 9. The number of nitrogens with one attached hydrogen (secondary N) is 1. The number of halogens is 1. The van der Waals surface area contributed by atoms with Crippen molar-refractivity contribution >= 4 is 45.7 Å². The standard InChI is InChI=1S/C29H24ClN5O3S2/c1-37-20-11-7-18(8-12-20)26-27(19-9-13-21(38-2)14-10-19)34-35-29(33-26)39-16-15-25(36)32-28-31-24(17-40-28)22-5-3-4-6-23(22)30/h3-14,17H,15-16H2,1-2H3,(H,31,32,36). The topological polar surface area (TPSA) is 99.1 Å². The number of carbonyl (C=O) groups excluding carboxylic acids is 1. The molecule has 0 radical (unpaired) electrons. The maximum Gasteiger partial charge on any atom is 0.226 e. The molecule has 3 aromatic carbocycles. The summed E-state index contributed by atoms with van der Waals surface area (Å²) < 4.78 is 10.6. The quantitative estimate of drug-likeness (QED) is 0.172. The molecular formula is C29H24ClN5O3S2. The highest BCUT2D eigenvalue weighted by Crippen LogP contribution is 2.33. The number of thiazole rings is 1. The molecule has 8 nitrogen and oxygen atoms in total. The summed E-state index contributed by atoms with van der Waals surface area (Å²) in [6.07, 6.45) is 0.257. The van der Waals surface area contributed by atoms with E-state index < -0.39 is 0 Å². The number of carbonyl (C=O) groups is 1. The molecule has 0 bridgehead atoms. The molecule has 0 unspecified atom stereocenters. The highest BCUT2D eigenvalue weighted by atomic mass is 35.5. The summed E-state index contributed by atoms with van der Waals surface area (Å²) in [4.78, 5) is 21.9. The number of amides is 1. The number of methoxy groups -OCH3 is 2. The Bertz CT molecular complexity index is 1610. The Morgan fingerprint density at radius 3 is 2.17 bits per heavy atom. The van der Waals surface area contributed by atoms with Gasteiger partial charge in [0, 0.05) is 39.3 Å². The predicted octanol–water partition coefficient (Wildman–Crippen LogP) is 7.12.